The molecule has 0 saturated heterocycles. The molecule has 140 valence electrons. The smallest absolute Gasteiger partial charge is 0.323 e. The molecule has 6 nitrogen and oxygen atoms in total. The summed E-state index contributed by atoms with van der Waals surface area (Å²) in [7, 11) is 1.42. The number of fused-ring (bicyclic) bond motifs is 4. The van der Waals surface area contributed by atoms with E-state index >= 15 is 0 Å². The van der Waals surface area contributed by atoms with Crippen LogP contribution in [0.2, 0.25) is 0 Å². The minimum absolute atomic E-state index is 0. The van der Waals surface area contributed by atoms with Crippen molar-refractivity contribution in [2.24, 2.45) is 0 Å². The number of rotatable bonds is 2. The fourth-order valence-electron chi connectivity index (χ4n) is 3.88. The molecule has 2 N–H and O–H groups in total. The van der Waals surface area contributed by atoms with Gasteiger partial charge in [0.05, 0.1) is 13.2 Å². The number of nitrogens with one attached hydrogen (secondary N) is 2. The van der Waals surface area contributed by atoms with E-state index in [0.717, 1.165) is 39.2 Å². The molecule has 0 amide bonds. The van der Waals surface area contributed by atoms with Crippen LogP contribution < -0.4 is 14.8 Å². The molecule has 0 bridgehead atoms. The van der Waals surface area contributed by atoms with Crippen LogP contribution in [0.3, 0.4) is 0 Å². The standard InChI is InChI=1S/C20H18N2O4.ClH/c1-24-20(23)15-9-13-12-4-2-3-5-14(12)21-19(13)18(22-15)11-6-7-16-17(8-11)26-10-25-16;/h2-8,15,18,21-22H,9-10H2,1H3;1H/t15-,18-;/m0./s1. The fraction of sp³-hybridized carbons (Fsp3) is 0.250. The van der Waals surface area contributed by atoms with E-state index in [9.17, 15) is 4.79 Å². The van der Waals surface area contributed by atoms with Gasteiger partial charge in [0, 0.05) is 23.0 Å². The fourth-order valence-corrected chi connectivity index (χ4v) is 3.88. The van der Waals surface area contributed by atoms with E-state index in [-0.39, 0.29) is 31.2 Å². The number of benzene rings is 2. The van der Waals surface area contributed by atoms with Crippen molar-refractivity contribution in [1.82, 2.24) is 10.3 Å². The second kappa shape index (κ2) is 6.79. The van der Waals surface area contributed by atoms with Gasteiger partial charge in [-0.2, -0.15) is 0 Å². The quantitative estimate of drug-likeness (QED) is 0.662. The van der Waals surface area contributed by atoms with Crippen LogP contribution in [0.5, 0.6) is 11.5 Å². The van der Waals surface area contributed by atoms with Crippen molar-refractivity contribution in [1.29, 1.82) is 0 Å². The van der Waals surface area contributed by atoms with Crippen LogP contribution in [0, 0.1) is 0 Å². The lowest BCUT2D eigenvalue weighted by molar-refractivity contribution is -0.143. The minimum Gasteiger partial charge on any atom is -0.468 e. The van der Waals surface area contributed by atoms with Gasteiger partial charge in [-0.15, -0.1) is 12.4 Å². The van der Waals surface area contributed by atoms with Crippen LogP contribution in [0.15, 0.2) is 42.5 Å². The molecule has 3 aromatic rings. The van der Waals surface area contributed by atoms with Gasteiger partial charge in [0.25, 0.3) is 0 Å². The number of aromatic amines is 1. The van der Waals surface area contributed by atoms with Gasteiger partial charge in [-0.3, -0.25) is 10.1 Å². The lowest BCUT2D eigenvalue weighted by atomic mass is 9.90. The first-order valence-electron chi connectivity index (χ1n) is 8.57. The Morgan fingerprint density at radius 3 is 2.81 bits per heavy atom. The van der Waals surface area contributed by atoms with Crippen molar-refractivity contribution >= 4 is 29.3 Å². The zero-order valence-corrected chi connectivity index (χ0v) is 15.5. The Kier molecular flexibility index (Phi) is 4.45. The Hall–Kier alpha value is -2.70. The van der Waals surface area contributed by atoms with Crippen LogP contribution in [-0.4, -0.2) is 30.9 Å². The third-order valence-electron chi connectivity index (χ3n) is 5.13. The lowest BCUT2D eigenvalue weighted by Crippen LogP contribution is -2.45. The summed E-state index contributed by atoms with van der Waals surface area (Å²) in [6, 6.07) is 13.5. The number of carbonyl (C=O) groups excluding carboxylic acids is 1. The summed E-state index contributed by atoms with van der Waals surface area (Å²) in [5, 5.41) is 4.57. The zero-order valence-electron chi connectivity index (χ0n) is 14.7. The van der Waals surface area contributed by atoms with Crippen LogP contribution in [0.1, 0.15) is 22.9 Å². The van der Waals surface area contributed by atoms with Crippen molar-refractivity contribution in [3.63, 3.8) is 0 Å². The third kappa shape index (κ3) is 2.81. The van der Waals surface area contributed by atoms with E-state index in [1.165, 1.54) is 7.11 Å². The zero-order chi connectivity index (χ0) is 17.7. The van der Waals surface area contributed by atoms with E-state index in [1.54, 1.807) is 0 Å². The number of hydrogen-bond acceptors (Lipinski definition) is 5. The highest BCUT2D eigenvalue weighted by molar-refractivity contribution is 5.87. The SMILES string of the molecule is COC(=O)[C@@H]1Cc2c([nH]c3ccccc23)[C@H](c2ccc3c(c2)OCO3)N1.Cl. The number of H-pyrrole nitrogens is 1. The Morgan fingerprint density at radius 2 is 1.96 bits per heavy atom. The molecule has 0 fully saturated rings. The van der Waals surface area contributed by atoms with E-state index in [4.69, 9.17) is 14.2 Å². The highest BCUT2D eigenvalue weighted by atomic mass is 35.5. The van der Waals surface area contributed by atoms with E-state index in [0.29, 0.717) is 6.42 Å². The van der Waals surface area contributed by atoms with E-state index < -0.39 is 6.04 Å². The molecule has 5 rings (SSSR count). The molecule has 2 aromatic carbocycles. The maximum absolute atomic E-state index is 12.3. The summed E-state index contributed by atoms with van der Waals surface area (Å²) in [5.74, 6) is 1.21. The van der Waals surface area contributed by atoms with Crippen molar-refractivity contribution in [2.75, 3.05) is 13.9 Å². The van der Waals surface area contributed by atoms with Gasteiger partial charge in [-0.1, -0.05) is 24.3 Å². The highest BCUT2D eigenvalue weighted by Crippen LogP contribution is 2.39. The number of para-hydroxylation sites is 1. The van der Waals surface area contributed by atoms with Gasteiger partial charge >= 0.3 is 5.97 Å². The minimum atomic E-state index is -0.401. The molecule has 27 heavy (non-hydrogen) atoms. The molecule has 7 heteroatoms. The Labute approximate surface area is 162 Å². The number of ether oxygens (including phenoxy) is 3. The summed E-state index contributed by atoms with van der Waals surface area (Å²) in [4.78, 5) is 15.8. The first-order chi connectivity index (χ1) is 12.7. The largest absolute Gasteiger partial charge is 0.468 e. The molecule has 2 aliphatic heterocycles. The molecule has 0 saturated carbocycles. The number of carbonyl (C=O) groups is 1. The highest BCUT2D eigenvalue weighted by Gasteiger charge is 2.35. The molecule has 2 atom stereocenters. The first kappa shape index (κ1) is 17.7. The second-order valence-electron chi connectivity index (χ2n) is 6.56. The lowest BCUT2D eigenvalue weighted by Gasteiger charge is -2.30. The molecule has 0 aliphatic carbocycles. The topological polar surface area (TPSA) is 72.6 Å². The molecule has 2 aliphatic rings. The number of esters is 1. The normalized spacial score (nSPS) is 20.0. The monoisotopic (exact) mass is 386 g/mol. The summed E-state index contributed by atoms with van der Waals surface area (Å²) >= 11 is 0. The summed E-state index contributed by atoms with van der Waals surface area (Å²) in [6.07, 6.45) is 0.590. The number of halogens is 1. The van der Waals surface area contributed by atoms with Crippen molar-refractivity contribution in [3.8, 4) is 11.5 Å². The van der Waals surface area contributed by atoms with Gasteiger partial charge in [0.1, 0.15) is 6.04 Å². The maximum Gasteiger partial charge on any atom is 0.323 e. The molecule has 0 spiro atoms. The van der Waals surface area contributed by atoms with Crippen LogP contribution in [0.25, 0.3) is 10.9 Å². The van der Waals surface area contributed by atoms with Gasteiger partial charge in [0.15, 0.2) is 11.5 Å². The molecular weight excluding hydrogens is 368 g/mol. The van der Waals surface area contributed by atoms with Crippen LogP contribution in [0.4, 0.5) is 0 Å². The second-order valence-corrected chi connectivity index (χ2v) is 6.56. The van der Waals surface area contributed by atoms with Crippen molar-refractivity contribution < 1.29 is 19.0 Å². The van der Waals surface area contributed by atoms with Crippen molar-refractivity contribution in [2.45, 2.75) is 18.5 Å². The summed E-state index contributed by atoms with van der Waals surface area (Å²) in [5.41, 5.74) is 4.30. The molecular formula is C20H19ClN2O4. The Morgan fingerprint density at radius 1 is 1.15 bits per heavy atom. The van der Waals surface area contributed by atoms with Crippen LogP contribution >= 0.6 is 12.4 Å². The van der Waals surface area contributed by atoms with Crippen molar-refractivity contribution in [3.05, 3.63) is 59.3 Å². The molecule has 1 aromatic heterocycles. The first-order valence-corrected chi connectivity index (χ1v) is 8.57. The average molecular weight is 387 g/mol. The number of hydrogen-bond donors (Lipinski definition) is 2. The Balaban J connectivity index is 0.00000180. The predicted octanol–water partition coefficient (Wildman–Crippen LogP) is 3.10. The van der Waals surface area contributed by atoms with Crippen LogP contribution in [-0.2, 0) is 16.0 Å². The Bertz CT molecular complexity index is 1020. The van der Waals surface area contributed by atoms with Gasteiger partial charge in [0.2, 0.25) is 6.79 Å². The molecule has 3 heterocycles. The number of methoxy groups -OCH3 is 1. The molecule has 0 unspecified atom stereocenters. The van der Waals surface area contributed by atoms with Gasteiger partial charge in [-0.05, 0) is 29.3 Å². The van der Waals surface area contributed by atoms with Gasteiger partial charge < -0.3 is 19.2 Å². The summed E-state index contributed by atoms with van der Waals surface area (Å²) < 4.78 is 15.9. The van der Waals surface area contributed by atoms with E-state index in [1.807, 2.05) is 30.3 Å². The van der Waals surface area contributed by atoms with E-state index in [2.05, 4.69) is 22.4 Å². The summed E-state index contributed by atoms with van der Waals surface area (Å²) in [6.45, 7) is 0.235. The maximum atomic E-state index is 12.3. The van der Waals surface area contributed by atoms with Gasteiger partial charge in [-0.25, -0.2) is 0 Å². The average Bonchev–Trinajstić information content (AvgIpc) is 3.30. The molecule has 0 radical (unpaired) electrons. The third-order valence-corrected chi connectivity index (χ3v) is 5.13. The predicted molar refractivity (Wildman–Crippen MR) is 103 cm³/mol. The number of aromatic nitrogens is 1.